The average Bonchev–Trinajstić information content (AvgIpc) is 3.15. The lowest BCUT2D eigenvalue weighted by Gasteiger charge is -2.18. The highest BCUT2D eigenvalue weighted by Gasteiger charge is 2.38. The van der Waals surface area contributed by atoms with Gasteiger partial charge in [0, 0.05) is 12.6 Å². The van der Waals surface area contributed by atoms with Gasteiger partial charge in [-0.25, -0.2) is 9.37 Å². The first-order valence-electron chi connectivity index (χ1n) is 7.91. The van der Waals surface area contributed by atoms with Crippen molar-refractivity contribution >= 4 is 17.4 Å². The van der Waals surface area contributed by atoms with Crippen LogP contribution in [0.2, 0.25) is 0 Å². The fourth-order valence-corrected chi connectivity index (χ4v) is 2.76. The summed E-state index contributed by atoms with van der Waals surface area (Å²) >= 11 is 0. The summed E-state index contributed by atoms with van der Waals surface area (Å²) in [6.07, 6.45) is 2.94. The van der Waals surface area contributed by atoms with Gasteiger partial charge in [-0.05, 0) is 31.5 Å². The molecule has 25 heavy (non-hydrogen) atoms. The van der Waals surface area contributed by atoms with Gasteiger partial charge in [0.2, 0.25) is 0 Å². The Morgan fingerprint density at radius 2 is 1.96 bits per heavy atom. The second-order valence-corrected chi connectivity index (χ2v) is 6.22. The Hall–Kier alpha value is -2.96. The quantitative estimate of drug-likeness (QED) is 0.524. The van der Waals surface area contributed by atoms with Crippen LogP contribution in [0.5, 0.6) is 0 Å². The van der Waals surface area contributed by atoms with Crippen LogP contribution in [-0.4, -0.2) is 43.8 Å². The molecule has 1 amide bonds. The molecular formula is C18H18FN3O3. The van der Waals surface area contributed by atoms with Gasteiger partial charge in [-0.3, -0.25) is 9.59 Å². The Kier molecular flexibility index (Phi) is 4.39. The molecule has 1 fully saturated rings. The molecule has 1 aromatic heterocycles. The van der Waals surface area contributed by atoms with E-state index in [2.05, 4.69) is 4.98 Å². The number of rotatable bonds is 4. The van der Waals surface area contributed by atoms with Gasteiger partial charge in [0.1, 0.15) is 17.3 Å². The summed E-state index contributed by atoms with van der Waals surface area (Å²) in [6.45, 7) is 4.04. The number of halogens is 1. The molecule has 0 aliphatic carbocycles. The van der Waals surface area contributed by atoms with Crippen molar-refractivity contribution in [2.24, 2.45) is 0 Å². The summed E-state index contributed by atoms with van der Waals surface area (Å²) in [7, 11) is 0. The molecule has 1 aliphatic rings. The fraction of sp³-hybridized carbons (Fsp3) is 0.278. The maximum atomic E-state index is 13.0. The molecule has 1 saturated heterocycles. The molecule has 1 aromatic carbocycles. The minimum absolute atomic E-state index is 0.0690. The van der Waals surface area contributed by atoms with Crippen molar-refractivity contribution in [2.75, 3.05) is 6.54 Å². The SMILES string of the molecule is CC(C)N1CC(=C(O)c2cncn2Cc2ccc(F)cc2)C(=O)C1=O. The van der Waals surface area contributed by atoms with Crippen molar-refractivity contribution in [1.29, 1.82) is 0 Å². The number of Topliss-reactive ketones (excluding diaryl/α,β-unsaturated/α-hetero) is 1. The van der Waals surface area contributed by atoms with Crippen LogP contribution in [0.3, 0.4) is 0 Å². The standard InChI is InChI=1S/C18H18FN3O3/c1-11(2)22-9-14(17(24)18(22)25)16(23)15-7-20-10-21(15)8-12-3-5-13(19)6-4-12/h3-7,10-11,23H,8-9H2,1-2H3. The number of benzene rings is 1. The molecule has 2 aromatic rings. The number of hydrogen-bond acceptors (Lipinski definition) is 4. The molecule has 0 radical (unpaired) electrons. The van der Waals surface area contributed by atoms with Crippen molar-refractivity contribution in [3.63, 3.8) is 0 Å². The molecular weight excluding hydrogens is 325 g/mol. The molecule has 130 valence electrons. The van der Waals surface area contributed by atoms with Gasteiger partial charge < -0.3 is 14.6 Å². The highest BCUT2D eigenvalue weighted by atomic mass is 19.1. The number of likely N-dealkylation sites (tertiary alicyclic amines) is 1. The average molecular weight is 343 g/mol. The Labute approximate surface area is 144 Å². The molecule has 0 bridgehead atoms. The van der Waals surface area contributed by atoms with Crippen molar-refractivity contribution in [2.45, 2.75) is 26.4 Å². The van der Waals surface area contributed by atoms with E-state index in [4.69, 9.17) is 0 Å². The maximum absolute atomic E-state index is 13.0. The monoisotopic (exact) mass is 343 g/mol. The number of ketones is 1. The van der Waals surface area contributed by atoms with E-state index in [9.17, 15) is 19.1 Å². The lowest BCUT2D eigenvalue weighted by Crippen LogP contribution is -2.33. The highest BCUT2D eigenvalue weighted by Crippen LogP contribution is 2.24. The number of aromatic nitrogens is 2. The van der Waals surface area contributed by atoms with Crippen LogP contribution < -0.4 is 0 Å². The molecule has 1 aliphatic heterocycles. The minimum atomic E-state index is -0.694. The van der Waals surface area contributed by atoms with Crippen molar-refractivity contribution in [1.82, 2.24) is 14.5 Å². The second-order valence-electron chi connectivity index (χ2n) is 6.22. The van der Waals surface area contributed by atoms with Crippen molar-refractivity contribution < 1.29 is 19.1 Å². The summed E-state index contributed by atoms with van der Waals surface area (Å²) < 4.78 is 14.7. The van der Waals surface area contributed by atoms with Gasteiger partial charge in [0.25, 0.3) is 11.7 Å². The number of nitrogens with zero attached hydrogens (tertiary/aromatic N) is 3. The molecule has 3 rings (SSSR count). The number of carbonyl (C=O) groups is 2. The van der Waals surface area contributed by atoms with Crippen LogP contribution in [0.1, 0.15) is 25.1 Å². The van der Waals surface area contributed by atoms with Crippen LogP contribution in [0.4, 0.5) is 4.39 Å². The van der Waals surface area contributed by atoms with E-state index in [1.54, 1.807) is 16.7 Å². The number of carbonyl (C=O) groups excluding carboxylic acids is 2. The molecule has 1 N–H and O–H groups in total. The summed E-state index contributed by atoms with van der Waals surface area (Å²) in [6, 6.07) is 5.83. The molecule has 0 atom stereocenters. The third-order valence-corrected chi connectivity index (χ3v) is 4.19. The highest BCUT2D eigenvalue weighted by molar-refractivity contribution is 6.46. The largest absolute Gasteiger partial charge is 0.505 e. The normalized spacial score (nSPS) is 16.9. The van der Waals surface area contributed by atoms with Gasteiger partial charge in [-0.2, -0.15) is 0 Å². The Morgan fingerprint density at radius 3 is 2.56 bits per heavy atom. The lowest BCUT2D eigenvalue weighted by molar-refractivity contribution is -0.140. The van der Waals surface area contributed by atoms with E-state index in [-0.39, 0.29) is 29.7 Å². The van der Waals surface area contributed by atoms with Crippen LogP contribution in [0.25, 0.3) is 5.76 Å². The van der Waals surface area contributed by atoms with Crippen molar-refractivity contribution in [3.05, 3.63) is 59.4 Å². The van der Waals surface area contributed by atoms with E-state index in [0.29, 0.717) is 12.2 Å². The number of aliphatic hydroxyl groups excluding tert-OH is 1. The van der Waals surface area contributed by atoms with Crippen LogP contribution in [0, 0.1) is 5.82 Å². The van der Waals surface area contributed by atoms with Gasteiger partial charge in [-0.15, -0.1) is 0 Å². The van der Waals surface area contributed by atoms with Crippen LogP contribution in [-0.2, 0) is 16.1 Å². The first-order chi connectivity index (χ1) is 11.9. The first-order valence-corrected chi connectivity index (χ1v) is 7.91. The van der Waals surface area contributed by atoms with Gasteiger partial charge in [0.15, 0.2) is 0 Å². The summed E-state index contributed by atoms with van der Waals surface area (Å²) in [5, 5.41) is 10.6. The zero-order valence-electron chi connectivity index (χ0n) is 13.9. The van der Waals surface area contributed by atoms with Crippen molar-refractivity contribution in [3.8, 4) is 0 Å². The van der Waals surface area contributed by atoms with Crippen LogP contribution >= 0.6 is 0 Å². The van der Waals surface area contributed by atoms with Gasteiger partial charge >= 0.3 is 0 Å². The minimum Gasteiger partial charge on any atom is -0.505 e. The molecule has 6 nitrogen and oxygen atoms in total. The smallest absolute Gasteiger partial charge is 0.295 e. The number of imidazole rings is 1. The molecule has 0 saturated carbocycles. The van der Waals surface area contributed by atoms with Gasteiger partial charge in [0.05, 0.1) is 24.6 Å². The Bertz CT molecular complexity index is 853. The van der Waals surface area contributed by atoms with Gasteiger partial charge in [-0.1, -0.05) is 12.1 Å². The fourth-order valence-electron chi connectivity index (χ4n) is 2.76. The zero-order valence-corrected chi connectivity index (χ0v) is 13.9. The van der Waals surface area contributed by atoms with E-state index in [0.717, 1.165) is 5.56 Å². The Balaban J connectivity index is 1.92. The predicted octanol–water partition coefficient (Wildman–Crippen LogP) is 2.16. The van der Waals surface area contributed by atoms with Crippen LogP contribution in [0.15, 0.2) is 42.4 Å². The summed E-state index contributed by atoms with van der Waals surface area (Å²) in [4.78, 5) is 29.6. The van der Waals surface area contributed by atoms with E-state index < -0.39 is 11.7 Å². The molecule has 2 heterocycles. The third-order valence-electron chi connectivity index (χ3n) is 4.19. The van der Waals surface area contributed by atoms with E-state index in [1.165, 1.54) is 29.6 Å². The maximum Gasteiger partial charge on any atom is 0.295 e. The van der Waals surface area contributed by atoms with E-state index >= 15 is 0 Å². The first kappa shape index (κ1) is 16.9. The van der Waals surface area contributed by atoms with E-state index in [1.807, 2.05) is 13.8 Å². The zero-order chi connectivity index (χ0) is 18.1. The Morgan fingerprint density at radius 1 is 1.28 bits per heavy atom. The third kappa shape index (κ3) is 3.17. The molecule has 0 unspecified atom stereocenters. The predicted molar refractivity (Wildman–Crippen MR) is 89.1 cm³/mol. The summed E-state index contributed by atoms with van der Waals surface area (Å²) in [5.74, 6) is -1.88. The number of hydrogen-bond donors (Lipinski definition) is 1. The number of aliphatic hydroxyl groups is 1. The lowest BCUT2D eigenvalue weighted by atomic mass is 10.1. The topological polar surface area (TPSA) is 75.4 Å². The molecule has 0 spiro atoms. The number of amides is 1. The second kappa shape index (κ2) is 6.51. The summed E-state index contributed by atoms with van der Waals surface area (Å²) in [5.41, 5.74) is 1.22. The molecule has 7 heteroatoms.